The van der Waals surface area contributed by atoms with Gasteiger partial charge in [-0.15, -0.1) is 0 Å². The molecule has 5 fully saturated rings. The topological polar surface area (TPSA) is 80.9 Å². The van der Waals surface area contributed by atoms with E-state index in [1.54, 1.807) is 0 Å². The Morgan fingerprint density at radius 1 is 0.941 bits per heavy atom. The van der Waals surface area contributed by atoms with Gasteiger partial charge in [-0.3, -0.25) is 0 Å². The first kappa shape index (κ1) is 25.2. The Bertz CT molecular complexity index is 842. The molecule has 0 spiro atoms. The molecule has 4 heteroatoms. The van der Waals surface area contributed by atoms with Crippen molar-refractivity contribution < 1.29 is 20.4 Å². The zero-order chi connectivity index (χ0) is 25.0. The van der Waals surface area contributed by atoms with E-state index in [1.165, 1.54) is 24.8 Å². The largest absolute Gasteiger partial charge is 0.393 e. The van der Waals surface area contributed by atoms with Crippen molar-refractivity contribution in [2.24, 2.45) is 57.7 Å². The fraction of sp³-hybridized carbons (Fsp3) is 0.933. The number of aliphatic hydroxyl groups is 4. The highest BCUT2D eigenvalue weighted by atomic mass is 16.3. The van der Waals surface area contributed by atoms with E-state index in [9.17, 15) is 20.4 Å². The number of allylic oxidation sites excluding steroid dienone is 1. The van der Waals surface area contributed by atoms with E-state index in [1.807, 2.05) is 0 Å². The molecule has 14 atom stereocenters. The summed E-state index contributed by atoms with van der Waals surface area (Å²) in [6.45, 7) is 18.2. The average Bonchev–Trinajstić information content (AvgIpc) is 3.32. The monoisotopic (exact) mass is 474 g/mol. The molecule has 0 aromatic carbocycles. The van der Waals surface area contributed by atoms with Crippen molar-refractivity contribution in [3.63, 3.8) is 0 Å². The Hall–Kier alpha value is -0.420. The van der Waals surface area contributed by atoms with Crippen LogP contribution in [-0.4, -0.2) is 44.3 Å². The molecule has 0 aromatic rings. The quantitative estimate of drug-likeness (QED) is 0.435. The molecule has 0 aromatic heterocycles. The van der Waals surface area contributed by atoms with E-state index in [0.717, 1.165) is 6.42 Å². The minimum Gasteiger partial charge on any atom is -0.393 e. The van der Waals surface area contributed by atoms with Gasteiger partial charge in [-0.2, -0.15) is 0 Å². The van der Waals surface area contributed by atoms with Crippen LogP contribution in [0.3, 0.4) is 0 Å². The molecule has 0 saturated heterocycles. The third-order valence-corrected chi connectivity index (χ3v) is 13.2. The maximum Gasteiger partial charge on any atom is 0.0986 e. The van der Waals surface area contributed by atoms with Crippen LogP contribution in [0.1, 0.15) is 92.9 Å². The van der Waals surface area contributed by atoms with Crippen LogP contribution in [0.4, 0.5) is 0 Å². The summed E-state index contributed by atoms with van der Waals surface area (Å²) in [5.74, 6) is 3.19. The Balaban J connectivity index is 1.42. The third kappa shape index (κ3) is 3.17. The minimum atomic E-state index is -1.31. The number of aliphatic hydroxyl groups excluding tert-OH is 3. The maximum atomic E-state index is 11.7. The lowest BCUT2D eigenvalue weighted by Gasteiger charge is -2.66. The Morgan fingerprint density at radius 2 is 1.62 bits per heavy atom. The second-order valence-electron chi connectivity index (χ2n) is 14.5. The van der Waals surface area contributed by atoms with Gasteiger partial charge in [0.25, 0.3) is 0 Å². The minimum absolute atomic E-state index is 0.00448. The van der Waals surface area contributed by atoms with Crippen LogP contribution in [-0.2, 0) is 0 Å². The highest BCUT2D eigenvalue weighted by Gasteiger charge is 2.70. The number of rotatable bonds is 4. The molecule has 34 heavy (non-hydrogen) atoms. The summed E-state index contributed by atoms with van der Waals surface area (Å²) in [6.07, 6.45) is 4.69. The van der Waals surface area contributed by atoms with E-state index in [4.69, 9.17) is 0 Å². The maximum absolute atomic E-state index is 11.7. The van der Waals surface area contributed by atoms with Crippen molar-refractivity contribution in [3.05, 3.63) is 12.2 Å². The normalized spacial score (nSPS) is 58.3. The predicted molar refractivity (Wildman–Crippen MR) is 135 cm³/mol. The van der Waals surface area contributed by atoms with Gasteiger partial charge < -0.3 is 20.4 Å². The summed E-state index contributed by atoms with van der Waals surface area (Å²) in [7, 11) is 0. The molecule has 0 radical (unpaired) electrons. The van der Waals surface area contributed by atoms with E-state index in [2.05, 4.69) is 48.1 Å². The molecular weight excluding hydrogens is 424 g/mol. The second-order valence-corrected chi connectivity index (χ2v) is 14.5. The van der Waals surface area contributed by atoms with Gasteiger partial charge in [0.2, 0.25) is 0 Å². The van der Waals surface area contributed by atoms with E-state index < -0.39 is 29.3 Å². The van der Waals surface area contributed by atoms with Crippen molar-refractivity contribution in [1.29, 1.82) is 0 Å². The van der Waals surface area contributed by atoms with Gasteiger partial charge in [0.15, 0.2) is 0 Å². The van der Waals surface area contributed by atoms with Crippen molar-refractivity contribution in [2.75, 3.05) is 0 Å². The molecule has 5 aliphatic carbocycles. The summed E-state index contributed by atoms with van der Waals surface area (Å²) in [5, 5.41) is 45.0. The van der Waals surface area contributed by atoms with Crippen LogP contribution < -0.4 is 0 Å². The highest BCUT2D eigenvalue weighted by Crippen LogP contribution is 2.72. The Morgan fingerprint density at radius 3 is 2.26 bits per heavy atom. The SMILES string of the molecule is C=C(C)[C@@H](C)[C@@]1(C)C[C@@H]1[C@@H](C)[C@H]1CC[C@H]2[C@@H]3C[C@@H](O)[C@@]4(O)C[C@@H](O)CC[C@]4(C)[C@H]3[C@H](O)C[C@]12C. The molecule has 0 heterocycles. The predicted octanol–water partition coefficient (Wildman–Crippen LogP) is 4.94. The summed E-state index contributed by atoms with van der Waals surface area (Å²) < 4.78 is 0. The fourth-order valence-corrected chi connectivity index (χ4v) is 10.8. The van der Waals surface area contributed by atoms with Crippen LogP contribution in [0.15, 0.2) is 12.2 Å². The second kappa shape index (κ2) is 7.79. The molecule has 0 amide bonds. The van der Waals surface area contributed by atoms with Crippen molar-refractivity contribution in [3.8, 4) is 0 Å². The lowest BCUT2D eigenvalue weighted by atomic mass is 9.41. The van der Waals surface area contributed by atoms with Crippen LogP contribution in [0.2, 0.25) is 0 Å². The van der Waals surface area contributed by atoms with Gasteiger partial charge in [-0.1, -0.05) is 46.8 Å². The van der Waals surface area contributed by atoms with E-state index >= 15 is 0 Å². The molecule has 5 saturated carbocycles. The summed E-state index contributed by atoms with van der Waals surface area (Å²) in [5.41, 5.74) is -0.136. The molecule has 5 rings (SSSR count). The Labute approximate surface area is 207 Å². The number of hydrogen-bond donors (Lipinski definition) is 4. The van der Waals surface area contributed by atoms with Crippen molar-refractivity contribution in [1.82, 2.24) is 0 Å². The molecule has 0 aliphatic heterocycles. The van der Waals surface area contributed by atoms with Gasteiger partial charge >= 0.3 is 0 Å². The van der Waals surface area contributed by atoms with Gasteiger partial charge in [0.1, 0.15) is 0 Å². The van der Waals surface area contributed by atoms with E-state index in [-0.39, 0.29) is 23.7 Å². The highest BCUT2D eigenvalue weighted by molar-refractivity contribution is 5.20. The smallest absolute Gasteiger partial charge is 0.0986 e. The van der Waals surface area contributed by atoms with Crippen molar-refractivity contribution >= 4 is 0 Å². The van der Waals surface area contributed by atoms with Gasteiger partial charge in [0.05, 0.1) is 23.9 Å². The Kier molecular flexibility index (Phi) is 5.78. The van der Waals surface area contributed by atoms with E-state index in [0.29, 0.717) is 54.3 Å². The molecule has 4 nitrogen and oxygen atoms in total. The first-order valence-corrected chi connectivity index (χ1v) is 14.1. The number of fused-ring (bicyclic) bond motifs is 5. The standard InChI is InChI=1S/C30H50O4/c1-16(2)18(4)27(5)14-23(27)17(3)21-8-9-22-20-12-25(33)30(34)13-19(31)10-11-29(30,7)26(20)24(32)15-28(21,22)6/h17-26,31-34H,1,8-15H2,2-7H3/t17-,18+,19-,20-,21+,22-,23+,24+,25+,26+,27+,28+,29+,30-/m0/s1. The first-order chi connectivity index (χ1) is 15.7. The molecule has 0 unspecified atom stereocenters. The van der Waals surface area contributed by atoms with Crippen molar-refractivity contribution in [2.45, 2.75) is 117 Å². The van der Waals surface area contributed by atoms with Gasteiger partial charge in [-0.05, 0) is 104 Å². The lowest BCUT2D eigenvalue weighted by Crippen LogP contribution is -2.71. The molecule has 0 bridgehead atoms. The van der Waals surface area contributed by atoms with Crippen LogP contribution >= 0.6 is 0 Å². The zero-order valence-electron chi connectivity index (χ0n) is 22.4. The van der Waals surface area contributed by atoms with Gasteiger partial charge in [-0.25, -0.2) is 0 Å². The number of hydrogen-bond acceptors (Lipinski definition) is 4. The van der Waals surface area contributed by atoms with Crippen LogP contribution in [0, 0.1) is 57.7 Å². The lowest BCUT2D eigenvalue weighted by molar-refractivity contribution is -0.283. The first-order valence-electron chi connectivity index (χ1n) is 14.1. The average molecular weight is 475 g/mol. The van der Waals surface area contributed by atoms with Gasteiger partial charge in [0, 0.05) is 11.8 Å². The van der Waals surface area contributed by atoms with Crippen LogP contribution in [0.5, 0.6) is 0 Å². The molecule has 194 valence electrons. The summed E-state index contributed by atoms with van der Waals surface area (Å²) in [4.78, 5) is 0. The summed E-state index contributed by atoms with van der Waals surface area (Å²) >= 11 is 0. The van der Waals surface area contributed by atoms with Crippen LogP contribution in [0.25, 0.3) is 0 Å². The molecular formula is C30H50O4. The fourth-order valence-electron chi connectivity index (χ4n) is 10.8. The molecule has 4 N–H and O–H groups in total. The summed E-state index contributed by atoms with van der Waals surface area (Å²) in [6, 6.07) is 0. The zero-order valence-corrected chi connectivity index (χ0v) is 22.4. The third-order valence-electron chi connectivity index (χ3n) is 13.2. The molecule has 5 aliphatic rings.